The fraction of sp³-hybridized carbons (Fsp3) is 0.0476. The van der Waals surface area contributed by atoms with Crippen molar-refractivity contribution in [2.24, 2.45) is 5.10 Å². The van der Waals surface area contributed by atoms with Crippen LogP contribution in [0.25, 0.3) is 0 Å². The number of hydrogen-bond donors (Lipinski definition) is 1. The van der Waals surface area contributed by atoms with Crippen LogP contribution in [0.2, 0.25) is 10.0 Å². The monoisotopic (exact) mass is 414 g/mol. The summed E-state index contributed by atoms with van der Waals surface area (Å²) in [5, 5.41) is 4.83. The maximum absolute atomic E-state index is 12.4. The summed E-state index contributed by atoms with van der Waals surface area (Å²) >= 11 is 11.9. The van der Waals surface area contributed by atoms with E-state index in [4.69, 9.17) is 32.7 Å². The van der Waals surface area contributed by atoms with Gasteiger partial charge in [-0.1, -0.05) is 41.4 Å². The van der Waals surface area contributed by atoms with Crippen molar-refractivity contribution in [3.8, 4) is 11.5 Å². The third-order valence-corrected chi connectivity index (χ3v) is 4.27. The van der Waals surface area contributed by atoms with Crippen LogP contribution in [0.5, 0.6) is 11.5 Å². The maximum atomic E-state index is 12.4. The zero-order chi connectivity index (χ0) is 19.9. The minimum Gasteiger partial charge on any atom is -0.493 e. The van der Waals surface area contributed by atoms with Gasteiger partial charge in [0.05, 0.1) is 29.6 Å². The Balaban J connectivity index is 1.73. The third kappa shape index (κ3) is 5.03. The summed E-state index contributed by atoms with van der Waals surface area (Å²) in [6.07, 6.45) is 1.64. The predicted octanol–water partition coefficient (Wildman–Crippen LogP) is 5.67. The molecule has 0 spiro atoms. The number of rotatable bonds is 6. The summed E-state index contributed by atoms with van der Waals surface area (Å²) in [5.41, 5.74) is 4.78. The second kappa shape index (κ2) is 9.26. The summed E-state index contributed by atoms with van der Waals surface area (Å²) in [6, 6.07) is 19.2. The van der Waals surface area contributed by atoms with Crippen molar-refractivity contribution >= 4 is 41.1 Å². The highest BCUT2D eigenvalue weighted by molar-refractivity contribution is 6.36. The lowest BCUT2D eigenvalue weighted by molar-refractivity contribution is 0.0730. The SMILES string of the molecule is COc1cc(C=NNc2ccccc2)ccc1OC(=O)c1ccc(Cl)cc1Cl. The number of esters is 1. The van der Waals surface area contributed by atoms with Gasteiger partial charge in [0.2, 0.25) is 0 Å². The Bertz CT molecular complexity index is 1010. The minimum atomic E-state index is -0.605. The summed E-state index contributed by atoms with van der Waals surface area (Å²) < 4.78 is 10.7. The molecule has 0 radical (unpaired) electrons. The van der Waals surface area contributed by atoms with E-state index >= 15 is 0 Å². The maximum Gasteiger partial charge on any atom is 0.345 e. The number of methoxy groups -OCH3 is 1. The zero-order valence-corrected chi connectivity index (χ0v) is 16.4. The first kappa shape index (κ1) is 19.7. The van der Waals surface area contributed by atoms with Crippen molar-refractivity contribution in [2.45, 2.75) is 0 Å². The summed E-state index contributed by atoms with van der Waals surface area (Å²) in [6.45, 7) is 0. The van der Waals surface area contributed by atoms with Crippen LogP contribution in [0, 0.1) is 0 Å². The molecule has 0 atom stereocenters. The molecule has 142 valence electrons. The van der Waals surface area contributed by atoms with Crippen LogP contribution in [0.3, 0.4) is 0 Å². The van der Waals surface area contributed by atoms with E-state index in [0.717, 1.165) is 11.3 Å². The molecule has 0 fully saturated rings. The van der Waals surface area contributed by atoms with Crippen molar-refractivity contribution in [2.75, 3.05) is 12.5 Å². The second-order valence-corrected chi connectivity index (χ2v) is 6.50. The zero-order valence-electron chi connectivity index (χ0n) is 14.9. The van der Waals surface area contributed by atoms with E-state index in [1.165, 1.54) is 19.2 Å². The Morgan fingerprint density at radius 2 is 1.79 bits per heavy atom. The van der Waals surface area contributed by atoms with Gasteiger partial charge in [-0.25, -0.2) is 4.79 Å². The van der Waals surface area contributed by atoms with Gasteiger partial charge in [-0.15, -0.1) is 0 Å². The lowest BCUT2D eigenvalue weighted by atomic mass is 10.2. The van der Waals surface area contributed by atoms with Gasteiger partial charge < -0.3 is 9.47 Å². The molecule has 7 heteroatoms. The lowest BCUT2D eigenvalue weighted by Crippen LogP contribution is -2.10. The normalized spacial score (nSPS) is 10.7. The number of halogens is 2. The molecule has 3 rings (SSSR count). The van der Waals surface area contributed by atoms with E-state index in [-0.39, 0.29) is 16.3 Å². The number of para-hydroxylation sites is 1. The van der Waals surface area contributed by atoms with Gasteiger partial charge in [0.1, 0.15) is 0 Å². The van der Waals surface area contributed by atoms with Gasteiger partial charge in [0.15, 0.2) is 11.5 Å². The lowest BCUT2D eigenvalue weighted by Gasteiger charge is -2.10. The van der Waals surface area contributed by atoms with Crippen LogP contribution < -0.4 is 14.9 Å². The van der Waals surface area contributed by atoms with E-state index in [1.54, 1.807) is 30.5 Å². The molecule has 1 N–H and O–H groups in total. The van der Waals surface area contributed by atoms with Crippen molar-refractivity contribution in [1.29, 1.82) is 0 Å². The molecule has 0 aliphatic carbocycles. The van der Waals surface area contributed by atoms with E-state index in [1.807, 2.05) is 30.3 Å². The molecule has 0 aliphatic heterocycles. The minimum absolute atomic E-state index is 0.214. The summed E-state index contributed by atoms with van der Waals surface area (Å²) in [4.78, 5) is 12.4. The first-order valence-corrected chi connectivity index (χ1v) is 9.02. The molecule has 0 saturated heterocycles. The Labute approximate surface area is 172 Å². The molecule has 0 heterocycles. The fourth-order valence-electron chi connectivity index (χ4n) is 2.35. The summed E-state index contributed by atoms with van der Waals surface area (Å²) in [7, 11) is 1.49. The van der Waals surface area contributed by atoms with E-state index < -0.39 is 5.97 Å². The Kier molecular flexibility index (Phi) is 6.53. The number of nitrogens with one attached hydrogen (secondary N) is 1. The van der Waals surface area contributed by atoms with E-state index in [2.05, 4.69) is 10.5 Å². The smallest absolute Gasteiger partial charge is 0.345 e. The molecule has 3 aromatic carbocycles. The molecule has 0 aromatic heterocycles. The van der Waals surface area contributed by atoms with Gasteiger partial charge in [-0.3, -0.25) is 5.43 Å². The highest BCUT2D eigenvalue weighted by Crippen LogP contribution is 2.30. The third-order valence-electron chi connectivity index (χ3n) is 3.72. The van der Waals surface area contributed by atoms with Crippen LogP contribution >= 0.6 is 23.2 Å². The standard InChI is InChI=1S/C21H16Cl2N2O3/c1-27-20-11-14(13-24-25-16-5-3-2-4-6-16)7-10-19(20)28-21(26)17-9-8-15(22)12-18(17)23/h2-13,25H,1H3. The number of ether oxygens (including phenoxy) is 2. The average Bonchev–Trinajstić information content (AvgIpc) is 2.69. The van der Waals surface area contributed by atoms with Crippen molar-refractivity contribution < 1.29 is 14.3 Å². The molecule has 0 saturated carbocycles. The van der Waals surface area contributed by atoms with Crippen LogP contribution in [-0.4, -0.2) is 19.3 Å². The Morgan fingerprint density at radius 1 is 1.00 bits per heavy atom. The molecule has 0 unspecified atom stereocenters. The molecule has 0 aliphatic rings. The van der Waals surface area contributed by atoms with Gasteiger partial charge in [-0.05, 0) is 54.1 Å². The van der Waals surface area contributed by atoms with Crippen molar-refractivity contribution in [3.05, 3.63) is 87.9 Å². The number of anilines is 1. The van der Waals surface area contributed by atoms with Gasteiger partial charge >= 0.3 is 5.97 Å². The van der Waals surface area contributed by atoms with Crippen LogP contribution in [0.15, 0.2) is 71.8 Å². The number of hydrogen-bond acceptors (Lipinski definition) is 5. The fourth-order valence-corrected chi connectivity index (χ4v) is 2.84. The number of carbonyl (C=O) groups excluding carboxylic acids is 1. The largest absolute Gasteiger partial charge is 0.493 e. The second-order valence-electron chi connectivity index (χ2n) is 5.66. The van der Waals surface area contributed by atoms with Gasteiger partial charge in [-0.2, -0.15) is 5.10 Å². The molecule has 3 aromatic rings. The number of hydrazone groups is 1. The van der Waals surface area contributed by atoms with Crippen LogP contribution in [0.4, 0.5) is 5.69 Å². The van der Waals surface area contributed by atoms with Crippen molar-refractivity contribution in [1.82, 2.24) is 0 Å². The quantitative estimate of drug-likeness (QED) is 0.244. The highest BCUT2D eigenvalue weighted by Gasteiger charge is 2.16. The first-order valence-electron chi connectivity index (χ1n) is 8.26. The number of benzene rings is 3. The highest BCUT2D eigenvalue weighted by atomic mass is 35.5. The van der Waals surface area contributed by atoms with E-state index in [0.29, 0.717) is 10.8 Å². The molecule has 28 heavy (non-hydrogen) atoms. The van der Waals surface area contributed by atoms with Gasteiger partial charge in [0.25, 0.3) is 0 Å². The molecule has 0 bridgehead atoms. The Morgan fingerprint density at radius 3 is 2.50 bits per heavy atom. The average molecular weight is 415 g/mol. The molecule has 0 amide bonds. The molecular weight excluding hydrogens is 399 g/mol. The summed E-state index contributed by atoms with van der Waals surface area (Å²) in [5.74, 6) is 0.0564. The number of nitrogens with zero attached hydrogens (tertiary/aromatic N) is 1. The topological polar surface area (TPSA) is 59.9 Å². The van der Waals surface area contributed by atoms with Crippen LogP contribution in [-0.2, 0) is 0 Å². The number of carbonyl (C=O) groups is 1. The molecular formula is C21H16Cl2N2O3. The predicted molar refractivity (Wildman–Crippen MR) is 112 cm³/mol. The van der Waals surface area contributed by atoms with Crippen molar-refractivity contribution in [3.63, 3.8) is 0 Å². The van der Waals surface area contributed by atoms with Crippen LogP contribution in [0.1, 0.15) is 15.9 Å². The Hall–Kier alpha value is -3.02. The first-order chi connectivity index (χ1) is 13.6. The van der Waals surface area contributed by atoms with E-state index in [9.17, 15) is 4.79 Å². The van der Waals surface area contributed by atoms with Gasteiger partial charge in [0, 0.05) is 5.02 Å². The molecule has 5 nitrogen and oxygen atoms in total.